The quantitative estimate of drug-likeness (QED) is 0.799. The molecule has 0 radical (unpaired) electrons. The van der Waals surface area contributed by atoms with Crippen LogP contribution in [0.5, 0.6) is 0 Å². The Labute approximate surface area is 88.8 Å². The Morgan fingerprint density at radius 2 is 2.13 bits per heavy atom. The molecule has 0 amide bonds. The lowest BCUT2D eigenvalue weighted by atomic mass is 10.2. The second-order valence-corrected chi connectivity index (χ2v) is 3.53. The predicted octanol–water partition coefficient (Wildman–Crippen LogP) is 1.34. The SMILES string of the molecule is Cc1cccc(-n2nc(CN)nc2C)c1. The molecular formula is C11H14N4. The normalized spacial score (nSPS) is 10.6. The van der Waals surface area contributed by atoms with Gasteiger partial charge in [0, 0.05) is 0 Å². The Kier molecular flexibility index (Phi) is 2.51. The lowest BCUT2D eigenvalue weighted by Crippen LogP contribution is -2.01. The smallest absolute Gasteiger partial charge is 0.164 e. The van der Waals surface area contributed by atoms with Crippen LogP contribution in [0.3, 0.4) is 0 Å². The molecule has 0 fully saturated rings. The highest BCUT2D eigenvalue weighted by Gasteiger charge is 2.06. The lowest BCUT2D eigenvalue weighted by Gasteiger charge is -2.03. The molecule has 0 aliphatic rings. The zero-order valence-electron chi connectivity index (χ0n) is 8.94. The van der Waals surface area contributed by atoms with Crippen LogP contribution in [-0.4, -0.2) is 14.8 Å². The summed E-state index contributed by atoms with van der Waals surface area (Å²) in [5.41, 5.74) is 7.73. The second-order valence-electron chi connectivity index (χ2n) is 3.53. The van der Waals surface area contributed by atoms with Crippen LogP contribution in [0.25, 0.3) is 5.69 Å². The zero-order chi connectivity index (χ0) is 10.8. The van der Waals surface area contributed by atoms with Crippen molar-refractivity contribution in [3.63, 3.8) is 0 Å². The fourth-order valence-corrected chi connectivity index (χ4v) is 1.54. The Morgan fingerprint density at radius 3 is 2.73 bits per heavy atom. The summed E-state index contributed by atoms with van der Waals surface area (Å²) in [5.74, 6) is 1.54. The van der Waals surface area contributed by atoms with Gasteiger partial charge >= 0.3 is 0 Å². The van der Waals surface area contributed by atoms with E-state index in [-0.39, 0.29) is 0 Å². The van der Waals surface area contributed by atoms with E-state index in [1.807, 2.05) is 23.7 Å². The van der Waals surface area contributed by atoms with Crippen molar-refractivity contribution in [3.8, 4) is 5.69 Å². The van der Waals surface area contributed by atoms with Crippen LogP contribution in [0.15, 0.2) is 24.3 Å². The molecule has 0 unspecified atom stereocenters. The molecule has 78 valence electrons. The number of nitrogens with zero attached hydrogens (tertiary/aromatic N) is 3. The monoisotopic (exact) mass is 202 g/mol. The van der Waals surface area contributed by atoms with Crippen LogP contribution in [0.2, 0.25) is 0 Å². The Morgan fingerprint density at radius 1 is 1.33 bits per heavy atom. The van der Waals surface area contributed by atoms with Crippen molar-refractivity contribution in [1.82, 2.24) is 14.8 Å². The van der Waals surface area contributed by atoms with Crippen molar-refractivity contribution in [3.05, 3.63) is 41.5 Å². The first-order valence-electron chi connectivity index (χ1n) is 4.90. The third-order valence-corrected chi connectivity index (χ3v) is 2.24. The molecule has 0 aliphatic carbocycles. The topological polar surface area (TPSA) is 56.7 Å². The van der Waals surface area contributed by atoms with Crippen molar-refractivity contribution in [1.29, 1.82) is 0 Å². The van der Waals surface area contributed by atoms with Crippen molar-refractivity contribution >= 4 is 0 Å². The molecule has 0 spiro atoms. The van der Waals surface area contributed by atoms with Crippen molar-refractivity contribution in [2.24, 2.45) is 5.73 Å². The van der Waals surface area contributed by atoms with Gasteiger partial charge < -0.3 is 5.73 Å². The number of nitrogens with two attached hydrogens (primary N) is 1. The summed E-state index contributed by atoms with van der Waals surface area (Å²) in [6.07, 6.45) is 0. The van der Waals surface area contributed by atoms with Gasteiger partial charge in [-0.1, -0.05) is 12.1 Å². The molecule has 0 bridgehead atoms. The lowest BCUT2D eigenvalue weighted by molar-refractivity contribution is 0.812. The van der Waals surface area contributed by atoms with Crippen LogP contribution in [0.4, 0.5) is 0 Å². The van der Waals surface area contributed by atoms with E-state index in [0.29, 0.717) is 12.4 Å². The van der Waals surface area contributed by atoms with Gasteiger partial charge in [-0.25, -0.2) is 9.67 Å². The van der Waals surface area contributed by atoms with Crippen molar-refractivity contribution < 1.29 is 0 Å². The summed E-state index contributed by atoms with van der Waals surface area (Å²) in [6.45, 7) is 4.35. The molecular weight excluding hydrogens is 188 g/mol. The molecule has 4 nitrogen and oxygen atoms in total. The summed E-state index contributed by atoms with van der Waals surface area (Å²) in [5, 5.41) is 4.32. The van der Waals surface area contributed by atoms with Gasteiger partial charge in [-0.2, -0.15) is 0 Å². The molecule has 1 aromatic heterocycles. The highest BCUT2D eigenvalue weighted by Crippen LogP contribution is 2.11. The maximum Gasteiger partial charge on any atom is 0.164 e. The Balaban J connectivity index is 2.48. The van der Waals surface area contributed by atoms with Gasteiger partial charge in [-0.3, -0.25) is 0 Å². The summed E-state index contributed by atoms with van der Waals surface area (Å²) >= 11 is 0. The first kappa shape index (κ1) is 9.86. The molecule has 0 saturated carbocycles. The number of hydrogen-bond acceptors (Lipinski definition) is 3. The molecule has 1 aromatic carbocycles. The number of aryl methyl sites for hydroxylation is 2. The maximum absolute atomic E-state index is 5.50. The minimum Gasteiger partial charge on any atom is -0.324 e. The van der Waals surface area contributed by atoms with E-state index in [2.05, 4.69) is 29.1 Å². The highest BCUT2D eigenvalue weighted by molar-refractivity contribution is 5.35. The van der Waals surface area contributed by atoms with Crippen molar-refractivity contribution in [2.75, 3.05) is 0 Å². The molecule has 1 heterocycles. The van der Waals surface area contributed by atoms with E-state index in [4.69, 9.17) is 5.73 Å². The van der Waals surface area contributed by atoms with E-state index in [9.17, 15) is 0 Å². The molecule has 0 aliphatic heterocycles. The van der Waals surface area contributed by atoms with E-state index in [0.717, 1.165) is 11.5 Å². The zero-order valence-corrected chi connectivity index (χ0v) is 8.94. The summed E-state index contributed by atoms with van der Waals surface area (Å²) in [6, 6.07) is 8.14. The largest absolute Gasteiger partial charge is 0.324 e. The van der Waals surface area contributed by atoms with Crippen LogP contribution in [0.1, 0.15) is 17.2 Å². The van der Waals surface area contributed by atoms with Gasteiger partial charge in [-0.15, -0.1) is 5.10 Å². The molecule has 15 heavy (non-hydrogen) atoms. The third kappa shape index (κ3) is 1.89. The van der Waals surface area contributed by atoms with Gasteiger partial charge in [-0.05, 0) is 31.5 Å². The number of rotatable bonds is 2. The van der Waals surface area contributed by atoms with Gasteiger partial charge in [0.05, 0.1) is 12.2 Å². The van der Waals surface area contributed by atoms with E-state index in [1.165, 1.54) is 5.56 Å². The second kappa shape index (κ2) is 3.82. The molecule has 4 heteroatoms. The van der Waals surface area contributed by atoms with Gasteiger partial charge in [0.25, 0.3) is 0 Å². The molecule has 2 N–H and O–H groups in total. The van der Waals surface area contributed by atoms with Gasteiger partial charge in [0.15, 0.2) is 5.82 Å². The van der Waals surface area contributed by atoms with E-state index < -0.39 is 0 Å². The average molecular weight is 202 g/mol. The third-order valence-electron chi connectivity index (χ3n) is 2.24. The van der Waals surface area contributed by atoms with E-state index >= 15 is 0 Å². The Bertz CT molecular complexity index is 473. The average Bonchev–Trinajstić information content (AvgIpc) is 2.60. The molecule has 0 saturated heterocycles. The first-order valence-corrected chi connectivity index (χ1v) is 4.90. The number of aromatic nitrogens is 3. The minimum absolute atomic E-state index is 0.375. The highest BCUT2D eigenvalue weighted by atomic mass is 15.3. The van der Waals surface area contributed by atoms with Crippen molar-refractivity contribution in [2.45, 2.75) is 20.4 Å². The molecule has 2 rings (SSSR count). The molecule has 2 aromatic rings. The summed E-state index contributed by atoms with van der Waals surface area (Å²) in [4.78, 5) is 4.26. The standard InChI is InChI=1S/C11H14N4/c1-8-4-3-5-10(6-8)15-9(2)13-11(7-12)14-15/h3-6H,7,12H2,1-2H3. The fourth-order valence-electron chi connectivity index (χ4n) is 1.54. The van der Waals surface area contributed by atoms with Crippen LogP contribution >= 0.6 is 0 Å². The number of hydrogen-bond donors (Lipinski definition) is 1. The maximum atomic E-state index is 5.50. The fraction of sp³-hybridized carbons (Fsp3) is 0.273. The van der Waals surface area contributed by atoms with Gasteiger partial charge in [0.1, 0.15) is 5.82 Å². The van der Waals surface area contributed by atoms with Crippen LogP contribution < -0.4 is 5.73 Å². The van der Waals surface area contributed by atoms with Crippen LogP contribution in [-0.2, 0) is 6.54 Å². The Hall–Kier alpha value is -1.68. The summed E-state index contributed by atoms with van der Waals surface area (Å²) in [7, 11) is 0. The minimum atomic E-state index is 0.375. The van der Waals surface area contributed by atoms with E-state index in [1.54, 1.807) is 0 Å². The predicted molar refractivity (Wildman–Crippen MR) is 58.7 cm³/mol. The number of benzene rings is 1. The van der Waals surface area contributed by atoms with Crippen LogP contribution in [0, 0.1) is 13.8 Å². The molecule has 0 atom stereocenters. The first-order chi connectivity index (χ1) is 7.20. The summed E-state index contributed by atoms with van der Waals surface area (Å²) < 4.78 is 1.81. The van der Waals surface area contributed by atoms with Gasteiger partial charge in [0.2, 0.25) is 0 Å².